The van der Waals surface area contributed by atoms with Gasteiger partial charge in [-0.3, -0.25) is 4.79 Å². The summed E-state index contributed by atoms with van der Waals surface area (Å²) in [6.07, 6.45) is 22.9. The van der Waals surface area contributed by atoms with Crippen LogP contribution in [-0.4, -0.2) is 12.5 Å². The molecule has 0 unspecified atom stereocenters. The minimum Gasteiger partial charge on any atom is -0.371 e. The molecule has 1 N–H and O–H groups in total. The van der Waals surface area contributed by atoms with Crippen LogP contribution >= 0.6 is 0 Å². The lowest BCUT2D eigenvalue weighted by Gasteiger charge is -2.06. The third-order valence-electron chi connectivity index (χ3n) is 4.80. The predicted octanol–water partition coefficient (Wildman–Crippen LogP) is 7.10. The maximum Gasteiger partial charge on any atom is 0.324 e. The number of hydrogen-bond acceptors (Lipinski definition) is 3. The Hall–Kier alpha value is -0.570. The minimum atomic E-state index is -0.112. The van der Waals surface area contributed by atoms with E-state index in [4.69, 9.17) is 4.84 Å². The molecule has 0 atom stereocenters. The summed E-state index contributed by atoms with van der Waals surface area (Å²) in [7, 11) is 0. The van der Waals surface area contributed by atoms with Crippen LogP contribution in [0.4, 0.5) is 0 Å². The first-order valence-electron chi connectivity index (χ1n) is 11.2. The van der Waals surface area contributed by atoms with Gasteiger partial charge in [-0.25, -0.2) is 0 Å². The summed E-state index contributed by atoms with van der Waals surface area (Å²) < 4.78 is 0. The van der Waals surface area contributed by atoms with Gasteiger partial charge < -0.3 is 4.84 Å². The van der Waals surface area contributed by atoms with Gasteiger partial charge in [0, 0.05) is 13.0 Å². The molecule has 0 aliphatic carbocycles. The number of hydrogen-bond donors (Lipinski definition) is 1. The number of carbonyl (C=O) groups is 1. The molecule has 0 rings (SSSR count). The van der Waals surface area contributed by atoms with Gasteiger partial charge in [0.25, 0.3) is 0 Å². The molecule has 0 saturated heterocycles. The Bertz CT molecular complexity index is 269. The van der Waals surface area contributed by atoms with Crippen LogP contribution in [0.1, 0.15) is 129 Å². The van der Waals surface area contributed by atoms with Crippen LogP contribution in [0.5, 0.6) is 0 Å². The van der Waals surface area contributed by atoms with E-state index in [1.54, 1.807) is 0 Å². The zero-order valence-electron chi connectivity index (χ0n) is 17.3. The van der Waals surface area contributed by atoms with Crippen LogP contribution in [0.25, 0.3) is 0 Å². The average Bonchev–Trinajstić information content (AvgIpc) is 2.61. The number of rotatable bonds is 20. The third kappa shape index (κ3) is 21.4. The maximum absolute atomic E-state index is 11.4. The minimum absolute atomic E-state index is 0.112. The number of nitrogens with one attached hydrogen (secondary N) is 1. The van der Waals surface area contributed by atoms with Crippen LogP contribution in [0.2, 0.25) is 0 Å². The van der Waals surface area contributed by atoms with Crippen LogP contribution in [0.15, 0.2) is 0 Å². The molecule has 0 aromatic rings. The van der Waals surface area contributed by atoms with Gasteiger partial charge in [-0.05, 0) is 12.8 Å². The van der Waals surface area contributed by atoms with Gasteiger partial charge in [-0.2, -0.15) is 5.48 Å². The first-order chi connectivity index (χ1) is 12.3. The second kappa shape index (κ2) is 21.5. The molecule has 25 heavy (non-hydrogen) atoms. The van der Waals surface area contributed by atoms with Gasteiger partial charge in [0.2, 0.25) is 0 Å². The highest BCUT2D eigenvalue weighted by Gasteiger charge is 2.01. The summed E-state index contributed by atoms with van der Waals surface area (Å²) in [5.41, 5.74) is 2.81. The molecule has 0 radical (unpaired) electrons. The summed E-state index contributed by atoms with van der Waals surface area (Å²) in [4.78, 5) is 16.4. The van der Waals surface area contributed by atoms with Crippen molar-refractivity contribution in [3.63, 3.8) is 0 Å². The van der Waals surface area contributed by atoms with Crippen molar-refractivity contribution < 1.29 is 9.63 Å². The first kappa shape index (κ1) is 24.4. The van der Waals surface area contributed by atoms with E-state index in [9.17, 15) is 4.79 Å². The van der Waals surface area contributed by atoms with Crippen LogP contribution < -0.4 is 5.48 Å². The molecule has 150 valence electrons. The van der Waals surface area contributed by atoms with Crippen molar-refractivity contribution in [1.29, 1.82) is 0 Å². The summed E-state index contributed by atoms with van der Waals surface area (Å²) >= 11 is 0. The molecular formula is C22H45NO2. The van der Waals surface area contributed by atoms with E-state index < -0.39 is 0 Å². The van der Waals surface area contributed by atoms with Gasteiger partial charge >= 0.3 is 5.97 Å². The van der Waals surface area contributed by atoms with Gasteiger partial charge in [0.15, 0.2) is 0 Å². The largest absolute Gasteiger partial charge is 0.371 e. The Morgan fingerprint density at radius 3 is 1.48 bits per heavy atom. The van der Waals surface area contributed by atoms with Gasteiger partial charge in [-0.15, -0.1) is 0 Å². The highest BCUT2D eigenvalue weighted by atomic mass is 16.7. The molecule has 0 aliphatic rings. The van der Waals surface area contributed by atoms with E-state index in [-0.39, 0.29) is 5.97 Å². The highest BCUT2D eigenvalue weighted by Crippen LogP contribution is 2.12. The lowest BCUT2D eigenvalue weighted by Crippen LogP contribution is -2.20. The Morgan fingerprint density at radius 2 is 1.00 bits per heavy atom. The van der Waals surface area contributed by atoms with Gasteiger partial charge in [-0.1, -0.05) is 110 Å². The Kier molecular flexibility index (Phi) is 21.0. The fourth-order valence-corrected chi connectivity index (χ4v) is 3.09. The second-order valence-electron chi connectivity index (χ2n) is 7.42. The Morgan fingerprint density at radius 1 is 0.600 bits per heavy atom. The molecule has 3 heteroatoms. The average molecular weight is 356 g/mol. The molecule has 3 nitrogen and oxygen atoms in total. The SMILES string of the molecule is CCCCCCCCCCCCCCCCNOC(=O)CCCCC. The number of hydroxylamine groups is 1. The maximum atomic E-state index is 11.4. The number of carbonyl (C=O) groups excluding carboxylic acids is 1. The summed E-state index contributed by atoms with van der Waals surface area (Å²) in [5.74, 6) is -0.112. The zero-order valence-corrected chi connectivity index (χ0v) is 17.3. The van der Waals surface area contributed by atoms with Crippen molar-refractivity contribution in [2.75, 3.05) is 6.54 Å². The fraction of sp³-hybridized carbons (Fsp3) is 0.955. The lowest BCUT2D eigenvalue weighted by molar-refractivity contribution is -0.151. The van der Waals surface area contributed by atoms with Gasteiger partial charge in [0.05, 0.1) is 0 Å². The molecule has 0 fully saturated rings. The van der Waals surface area contributed by atoms with Crippen molar-refractivity contribution in [3.8, 4) is 0 Å². The smallest absolute Gasteiger partial charge is 0.324 e. The van der Waals surface area contributed by atoms with Crippen LogP contribution in [0.3, 0.4) is 0 Å². The molecule has 0 aromatic carbocycles. The molecule has 0 heterocycles. The van der Waals surface area contributed by atoms with Crippen LogP contribution in [0, 0.1) is 0 Å². The van der Waals surface area contributed by atoms with Crippen molar-refractivity contribution >= 4 is 5.97 Å². The van der Waals surface area contributed by atoms with Crippen LogP contribution in [-0.2, 0) is 9.63 Å². The highest BCUT2D eigenvalue weighted by molar-refractivity contribution is 5.68. The predicted molar refractivity (Wildman–Crippen MR) is 109 cm³/mol. The van der Waals surface area contributed by atoms with E-state index in [1.807, 2.05) is 0 Å². The van der Waals surface area contributed by atoms with Crippen molar-refractivity contribution in [1.82, 2.24) is 5.48 Å². The van der Waals surface area contributed by atoms with E-state index >= 15 is 0 Å². The van der Waals surface area contributed by atoms with E-state index in [2.05, 4.69) is 19.3 Å². The molecule has 0 bridgehead atoms. The summed E-state index contributed by atoms with van der Waals surface area (Å²) in [6, 6.07) is 0. The monoisotopic (exact) mass is 355 g/mol. The van der Waals surface area contributed by atoms with Crippen molar-refractivity contribution in [2.45, 2.75) is 129 Å². The lowest BCUT2D eigenvalue weighted by atomic mass is 10.0. The summed E-state index contributed by atoms with van der Waals surface area (Å²) in [5, 5.41) is 0. The molecule has 0 spiro atoms. The Balaban J connectivity index is 3.06. The molecule has 0 amide bonds. The molecule has 0 aromatic heterocycles. The number of unbranched alkanes of at least 4 members (excludes halogenated alkanes) is 15. The molecule has 0 saturated carbocycles. The zero-order chi connectivity index (χ0) is 18.4. The van der Waals surface area contributed by atoms with Crippen molar-refractivity contribution in [3.05, 3.63) is 0 Å². The van der Waals surface area contributed by atoms with E-state index in [0.717, 1.165) is 32.2 Å². The van der Waals surface area contributed by atoms with E-state index in [0.29, 0.717) is 6.42 Å². The van der Waals surface area contributed by atoms with E-state index in [1.165, 1.54) is 83.5 Å². The van der Waals surface area contributed by atoms with Gasteiger partial charge in [0.1, 0.15) is 0 Å². The molecule has 0 aliphatic heterocycles. The Labute approximate surface area is 157 Å². The topological polar surface area (TPSA) is 38.3 Å². The fourth-order valence-electron chi connectivity index (χ4n) is 3.09. The quantitative estimate of drug-likeness (QED) is 0.187. The second-order valence-corrected chi connectivity index (χ2v) is 7.42. The molecular weight excluding hydrogens is 310 g/mol. The normalized spacial score (nSPS) is 11.0. The third-order valence-corrected chi connectivity index (χ3v) is 4.80. The van der Waals surface area contributed by atoms with Crippen molar-refractivity contribution in [2.24, 2.45) is 0 Å². The first-order valence-corrected chi connectivity index (χ1v) is 11.2. The standard InChI is InChI=1S/C22H45NO2/c1-3-5-7-8-9-10-11-12-13-14-15-16-17-19-21-23-25-22(24)20-18-6-4-2/h23H,3-21H2,1-2H3. The summed E-state index contributed by atoms with van der Waals surface area (Å²) in [6.45, 7) is 5.21.